The number of rotatable bonds is 5. The average Bonchev–Trinajstić information content (AvgIpc) is 2.80. The van der Waals surface area contributed by atoms with Crippen LogP contribution in [0.5, 0.6) is 5.75 Å². The molecule has 2 aromatic rings. The van der Waals surface area contributed by atoms with E-state index in [0.29, 0.717) is 25.0 Å². The van der Waals surface area contributed by atoms with Crippen LogP contribution in [0, 0.1) is 46.8 Å². The third-order valence-electron chi connectivity index (χ3n) is 6.49. The first-order chi connectivity index (χ1) is 16.0. The Bertz CT molecular complexity index is 990. The maximum absolute atomic E-state index is 14.5. The lowest BCUT2D eigenvalue weighted by molar-refractivity contribution is -0.215. The lowest BCUT2D eigenvalue weighted by atomic mass is 9.76. The van der Waals surface area contributed by atoms with Gasteiger partial charge in [0, 0.05) is 12.9 Å². The summed E-state index contributed by atoms with van der Waals surface area (Å²) in [5.74, 6) is -8.92. The van der Waals surface area contributed by atoms with Crippen LogP contribution in [0.3, 0.4) is 0 Å². The van der Waals surface area contributed by atoms with E-state index in [-0.39, 0.29) is 32.5 Å². The van der Waals surface area contributed by atoms with Gasteiger partial charge in [0.15, 0.2) is 41.1 Å². The monoisotopic (exact) mass is 510 g/mol. The minimum atomic E-state index is -4.55. The number of benzene rings is 2. The molecule has 1 saturated carbocycles. The summed E-state index contributed by atoms with van der Waals surface area (Å²) in [4.78, 5) is 0. The lowest BCUT2D eigenvalue weighted by Gasteiger charge is -2.37. The fourth-order valence-electron chi connectivity index (χ4n) is 4.46. The van der Waals surface area contributed by atoms with Gasteiger partial charge in [-0.2, -0.15) is 8.78 Å². The zero-order chi connectivity index (χ0) is 24.6. The number of hydrogen-bond donors (Lipinski definition) is 0. The summed E-state index contributed by atoms with van der Waals surface area (Å²) in [5, 5.41) is 0. The van der Waals surface area contributed by atoms with Crippen LogP contribution in [0.1, 0.15) is 58.9 Å². The maximum Gasteiger partial charge on any atom is 0.427 e. The Balaban J connectivity index is 0.00000228. The summed E-state index contributed by atoms with van der Waals surface area (Å²) in [6, 6.07) is 1.42. The summed E-state index contributed by atoms with van der Waals surface area (Å²) in [6.07, 6.45) is -1.25. The molecule has 2 aromatic carbocycles. The Morgan fingerprint density at radius 2 is 1.31 bits per heavy atom. The molecule has 1 aliphatic heterocycles. The van der Waals surface area contributed by atoms with E-state index in [0.717, 1.165) is 37.8 Å². The zero-order valence-electron chi connectivity index (χ0n) is 18.2. The smallest absolute Gasteiger partial charge is 0.423 e. The van der Waals surface area contributed by atoms with Crippen LogP contribution in [0.2, 0.25) is 0 Å². The molecule has 0 unspecified atom stereocenters. The quantitative estimate of drug-likeness (QED) is 0.303. The Hall–Kier alpha value is -2.33. The lowest BCUT2D eigenvalue weighted by Crippen LogP contribution is -2.34. The standard InChI is InChI=1S/C24H23F7O3.CH4.H2/c1-12-2-4-13(5-3-12)15-10-32-23(33-11-15)14-6-19(27)22(20(28)7-14)34-24(30,31)16-8-17(25)21(29)18(26)9-16;;/h6-9,12-13,15,23H,2-5,10-11H2,1H3;1H4;1H. The van der Waals surface area contributed by atoms with E-state index in [4.69, 9.17) is 9.47 Å². The van der Waals surface area contributed by atoms with E-state index in [1.165, 1.54) is 0 Å². The SMILES string of the molecule is C.CC1CCC(C2COC(c3cc(F)c(OC(F)(F)c4cc(F)c(F)c(F)c4)c(F)c3)OC2)CC1.[HH]. The van der Waals surface area contributed by atoms with Crippen molar-refractivity contribution in [1.82, 2.24) is 0 Å². The predicted octanol–water partition coefficient (Wildman–Crippen LogP) is 7.88. The third kappa shape index (κ3) is 5.91. The molecule has 2 fully saturated rings. The predicted molar refractivity (Wildman–Crippen MR) is 115 cm³/mol. The van der Waals surface area contributed by atoms with Gasteiger partial charge in [0.1, 0.15) is 0 Å². The minimum Gasteiger partial charge on any atom is -0.423 e. The van der Waals surface area contributed by atoms with Crippen LogP contribution in [-0.4, -0.2) is 13.2 Å². The molecule has 1 heterocycles. The number of alkyl halides is 2. The van der Waals surface area contributed by atoms with Crippen molar-refractivity contribution in [1.29, 1.82) is 0 Å². The molecule has 0 radical (unpaired) electrons. The highest BCUT2D eigenvalue weighted by Gasteiger charge is 2.39. The number of hydrogen-bond acceptors (Lipinski definition) is 3. The third-order valence-corrected chi connectivity index (χ3v) is 6.49. The van der Waals surface area contributed by atoms with E-state index in [1.807, 2.05) is 0 Å². The van der Waals surface area contributed by atoms with E-state index in [9.17, 15) is 30.7 Å². The second kappa shape index (κ2) is 10.7. The van der Waals surface area contributed by atoms with Crippen molar-refractivity contribution in [3.05, 3.63) is 64.5 Å². The number of halogens is 7. The average molecular weight is 510 g/mol. The summed E-state index contributed by atoms with van der Waals surface area (Å²) < 4.78 is 113. The Kier molecular flexibility index (Phi) is 8.36. The molecule has 10 heteroatoms. The second-order valence-corrected chi connectivity index (χ2v) is 8.97. The second-order valence-electron chi connectivity index (χ2n) is 8.97. The van der Waals surface area contributed by atoms with Crippen LogP contribution in [-0.2, 0) is 15.6 Å². The fraction of sp³-hybridized carbons (Fsp3) is 0.520. The van der Waals surface area contributed by atoms with Crippen LogP contribution in [0.4, 0.5) is 30.7 Å². The van der Waals surface area contributed by atoms with Crippen molar-refractivity contribution in [2.24, 2.45) is 17.8 Å². The molecule has 2 aliphatic rings. The molecule has 0 aromatic heterocycles. The fourth-order valence-corrected chi connectivity index (χ4v) is 4.46. The van der Waals surface area contributed by atoms with Crippen LogP contribution >= 0.6 is 0 Å². The van der Waals surface area contributed by atoms with Crippen molar-refractivity contribution < 1.29 is 46.4 Å². The molecule has 0 atom stereocenters. The Morgan fingerprint density at radius 1 is 0.800 bits per heavy atom. The summed E-state index contributed by atoms with van der Waals surface area (Å²) in [5.41, 5.74) is -1.52. The van der Waals surface area contributed by atoms with E-state index < -0.39 is 52.8 Å². The van der Waals surface area contributed by atoms with Gasteiger partial charge in [-0.05, 0) is 48.9 Å². The zero-order valence-corrected chi connectivity index (χ0v) is 18.2. The molecular formula is C25H29F7O3. The van der Waals surface area contributed by atoms with Crippen molar-refractivity contribution in [2.45, 2.75) is 52.4 Å². The summed E-state index contributed by atoms with van der Waals surface area (Å²) >= 11 is 0. The Labute approximate surface area is 200 Å². The van der Waals surface area contributed by atoms with Crippen molar-refractivity contribution in [2.75, 3.05) is 13.2 Å². The van der Waals surface area contributed by atoms with Crippen molar-refractivity contribution >= 4 is 0 Å². The van der Waals surface area contributed by atoms with E-state index >= 15 is 0 Å². The highest BCUT2D eigenvalue weighted by atomic mass is 19.3. The van der Waals surface area contributed by atoms with Gasteiger partial charge in [0.05, 0.1) is 18.8 Å². The van der Waals surface area contributed by atoms with Crippen LogP contribution in [0.25, 0.3) is 0 Å². The van der Waals surface area contributed by atoms with Crippen molar-refractivity contribution in [3.63, 3.8) is 0 Å². The molecule has 0 N–H and O–H groups in total. The van der Waals surface area contributed by atoms with Gasteiger partial charge in [-0.3, -0.25) is 0 Å². The molecule has 196 valence electrons. The minimum absolute atomic E-state index is 0. The molecule has 0 spiro atoms. The summed E-state index contributed by atoms with van der Waals surface area (Å²) in [7, 11) is 0. The molecule has 4 rings (SSSR count). The molecular weight excluding hydrogens is 481 g/mol. The normalized spacial score (nSPS) is 25.1. The van der Waals surface area contributed by atoms with Crippen LogP contribution < -0.4 is 4.74 Å². The van der Waals surface area contributed by atoms with Gasteiger partial charge in [-0.15, -0.1) is 0 Å². The molecule has 0 amide bonds. The highest BCUT2D eigenvalue weighted by Crippen LogP contribution is 2.39. The molecule has 1 aliphatic carbocycles. The first-order valence-electron chi connectivity index (χ1n) is 11.0. The summed E-state index contributed by atoms with van der Waals surface area (Å²) in [6.45, 7) is 2.89. The highest BCUT2D eigenvalue weighted by molar-refractivity contribution is 5.33. The topological polar surface area (TPSA) is 27.7 Å². The number of ether oxygens (including phenoxy) is 3. The van der Waals surface area contributed by atoms with Crippen molar-refractivity contribution in [3.8, 4) is 5.75 Å². The van der Waals surface area contributed by atoms with E-state index in [2.05, 4.69) is 11.7 Å². The van der Waals surface area contributed by atoms with Crippen LogP contribution in [0.15, 0.2) is 24.3 Å². The molecule has 1 saturated heterocycles. The first-order valence-corrected chi connectivity index (χ1v) is 11.0. The van der Waals surface area contributed by atoms with Gasteiger partial charge in [0.25, 0.3) is 0 Å². The maximum atomic E-state index is 14.5. The van der Waals surface area contributed by atoms with Gasteiger partial charge in [0.2, 0.25) is 0 Å². The van der Waals surface area contributed by atoms with Gasteiger partial charge >= 0.3 is 6.11 Å². The first kappa shape index (κ1) is 27.3. The van der Waals surface area contributed by atoms with Gasteiger partial charge < -0.3 is 14.2 Å². The van der Waals surface area contributed by atoms with Gasteiger partial charge in [-0.1, -0.05) is 27.2 Å². The largest absolute Gasteiger partial charge is 0.427 e. The molecule has 0 bridgehead atoms. The van der Waals surface area contributed by atoms with Gasteiger partial charge in [-0.25, -0.2) is 22.0 Å². The van der Waals surface area contributed by atoms with E-state index in [1.54, 1.807) is 0 Å². The molecule has 35 heavy (non-hydrogen) atoms. The molecule has 3 nitrogen and oxygen atoms in total. The Morgan fingerprint density at radius 3 is 1.83 bits per heavy atom.